The molecule has 1 aromatic heterocycles. The Hall–Kier alpha value is -3.06. The van der Waals surface area contributed by atoms with E-state index in [4.69, 9.17) is 11.0 Å². The SMILES string of the molecule is N#CCc1ccc(Nc2ccc(N)c3ncccc23)cc1. The molecule has 0 spiro atoms. The summed E-state index contributed by atoms with van der Waals surface area (Å²) < 4.78 is 0. The number of nitrogens with one attached hydrogen (secondary N) is 1. The fourth-order valence-corrected chi connectivity index (χ4v) is 2.26. The van der Waals surface area contributed by atoms with E-state index < -0.39 is 0 Å². The van der Waals surface area contributed by atoms with E-state index in [0.29, 0.717) is 12.1 Å². The second kappa shape index (κ2) is 5.51. The lowest BCUT2D eigenvalue weighted by molar-refractivity contribution is 1.26. The van der Waals surface area contributed by atoms with Crippen molar-refractivity contribution >= 4 is 28.0 Å². The molecule has 102 valence electrons. The van der Waals surface area contributed by atoms with Gasteiger partial charge in [-0.25, -0.2) is 0 Å². The predicted molar refractivity (Wildman–Crippen MR) is 85.2 cm³/mol. The summed E-state index contributed by atoms with van der Waals surface area (Å²) in [5, 5.41) is 13.0. The van der Waals surface area contributed by atoms with Gasteiger partial charge in [-0.15, -0.1) is 0 Å². The minimum Gasteiger partial charge on any atom is -0.397 e. The number of hydrogen-bond acceptors (Lipinski definition) is 4. The number of hydrogen-bond donors (Lipinski definition) is 2. The summed E-state index contributed by atoms with van der Waals surface area (Å²) in [6.45, 7) is 0. The Morgan fingerprint density at radius 3 is 2.67 bits per heavy atom. The highest BCUT2D eigenvalue weighted by molar-refractivity contribution is 5.99. The minimum absolute atomic E-state index is 0.426. The molecule has 0 unspecified atom stereocenters. The summed E-state index contributed by atoms with van der Waals surface area (Å²) in [6, 6.07) is 17.6. The first kappa shape index (κ1) is 12.9. The lowest BCUT2D eigenvalue weighted by atomic mass is 10.1. The van der Waals surface area contributed by atoms with Gasteiger partial charge in [-0.1, -0.05) is 12.1 Å². The van der Waals surface area contributed by atoms with Crippen LogP contribution in [0.3, 0.4) is 0 Å². The fourth-order valence-electron chi connectivity index (χ4n) is 2.26. The van der Waals surface area contributed by atoms with E-state index in [0.717, 1.165) is 27.8 Å². The van der Waals surface area contributed by atoms with E-state index in [1.807, 2.05) is 48.5 Å². The van der Waals surface area contributed by atoms with Gasteiger partial charge in [0.05, 0.1) is 23.7 Å². The third kappa shape index (κ3) is 2.63. The molecule has 0 saturated heterocycles. The average Bonchev–Trinajstić information content (AvgIpc) is 2.52. The molecule has 0 aliphatic rings. The Balaban J connectivity index is 1.95. The Morgan fingerprint density at radius 2 is 1.90 bits per heavy atom. The minimum atomic E-state index is 0.426. The molecule has 1 heterocycles. The number of benzene rings is 2. The summed E-state index contributed by atoms with van der Waals surface area (Å²) in [6.07, 6.45) is 2.16. The van der Waals surface area contributed by atoms with Crippen LogP contribution in [0.2, 0.25) is 0 Å². The van der Waals surface area contributed by atoms with Gasteiger partial charge in [-0.2, -0.15) is 5.26 Å². The quantitative estimate of drug-likeness (QED) is 0.715. The van der Waals surface area contributed by atoms with Crippen LogP contribution in [-0.2, 0) is 6.42 Å². The topological polar surface area (TPSA) is 74.7 Å². The molecule has 0 saturated carbocycles. The van der Waals surface area contributed by atoms with E-state index in [1.165, 1.54) is 0 Å². The summed E-state index contributed by atoms with van der Waals surface area (Å²) in [7, 11) is 0. The molecule has 21 heavy (non-hydrogen) atoms. The smallest absolute Gasteiger partial charge is 0.0951 e. The zero-order valence-corrected chi connectivity index (χ0v) is 11.4. The maximum atomic E-state index is 8.68. The molecule has 0 atom stereocenters. The molecule has 3 aromatic rings. The number of pyridine rings is 1. The second-order valence-corrected chi connectivity index (χ2v) is 4.76. The van der Waals surface area contributed by atoms with Gasteiger partial charge < -0.3 is 11.1 Å². The van der Waals surface area contributed by atoms with Crippen molar-refractivity contribution in [2.24, 2.45) is 0 Å². The number of nitrogens with two attached hydrogens (primary N) is 1. The van der Waals surface area contributed by atoms with Crippen LogP contribution in [0.5, 0.6) is 0 Å². The first-order valence-corrected chi connectivity index (χ1v) is 6.64. The van der Waals surface area contributed by atoms with Gasteiger partial charge in [0.1, 0.15) is 0 Å². The van der Waals surface area contributed by atoms with Crippen molar-refractivity contribution in [2.45, 2.75) is 6.42 Å². The van der Waals surface area contributed by atoms with E-state index in [-0.39, 0.29) is 0 Å². The molecule has 0 radical (unpaired) electrons. The van der Waals surface area contributed by atoms with E-state index >= 15 is 0 Å². The van der Waals surface area contributed by atoms with Crippen LogP contribution in [-0.4, -0.2) is 4.98 Å². The van der Waals surface area contributed by atoms with E-state index in [9.17, 15) is 0 Å². The van der Waals surface area contributed by atoms with Crippen LogP contribution < -0.4 is 11.1 Å². The Morgan fingerprint density at radius 1 is 1.10 bits per heavy atom. The molecule has 2 aromatic carbocycles. The normalized spacial score (nSPS) is 10.2. The molecule has 3 N–H and O–H groups in total. The Kier molecular flexibility index (Phi) is 3.40. The van der Waals surface area contributed by atoms with Crippen molar-refractivity contribution in [1.29, 1.82) is 5.26 Å². The highest BCUT2D eigenvalue weighted by Crippen LogP contribution is 2.28. The van der Waals surface area contributed by atoms with Crippen LogP contribution >= 0.6 is 0 Å². The summed E-state index contributed by atoms with van der Waals surface area (Å²) in [5.41, 5.74) is 10.3. The molecule has 0 aliphatic heterocycles. The van der Waals surface area contributed by atoms with Crippen LogP contribution in [0.4, 0.5) is 17.1 Å². The zero-order valence-electron chi connectivity index (χ0n) is 11.4. The molecular weight excluding hydrogens is 260 g/mol. The van der Waals surface area contributed by atoms with Crippen LogP contribution in [0, 0.1) is 11.3 Å². The van der Waals surface area contributed by atoms with Gasteiger partial charge in [-0.05, 0) is 42.0 Å². The van der Waals surface area contributed by atoms with Gasteiger partial charge in [0.15, 0.2) is 0 Å². The molecule has 4 heteroatoms. The maximum Gasteiger partial charge on any atom is 0.0951 e. The highest BCUT2D eigenvalue weighted by Gasteiger charge is 2.05. The first-order chi connectivity index (χ1) is 10.3. The van der Waals surface area contributed by atoms with E-state index in [2.05, 4.69) is 16.4 Å². The number of anilines is 3. The number of nitriles is 1. The highest BCUT2D eigenvalue weighted by atomic mass is 14.9. The monoisotopic (exact) mass is 274 g/mol. The third-order valence-electron chi connectivity index (χ3n) is 3.32. The standard InChI is InChI=1S/C17H14N4/c18-10-9-12-3-5-13(6-4-12)21-16-8-7-15(19)17-14(16)2-1-11-20-17/h1-8,11,21H,9,19H2. The molecule has 0 aliphatic carbocycles. The predicted octanol–water partition coefficient (Wildman–Crippen LogP) is 3.63. The van der Waals surface area contributed by atoms with Gasteiger partial charge in [-0.3, -0.25) is 4.98 Å². The van der Waals surface area contributed by atoms with Crippen molar-refractivity contribution < 1.29 is 0 Å². The lowest BCUT2D eigenvalue weighted by Gasteiger charge is -2.11. The zero-order chi connectivity index (χ0) is 14.7. The first-order valence-electron chi connectivity index (χ1n) is 6.64. The second-order valence-electron chi connectivity index (χ2n) is 4.76. The summed E-state index contributed by atoms with van der Waals surface area (Å²) in [5.74, 6) is 0. The van der Waals surface area contributed by atoms with Gasteiger partial charge in [0, 0.05) is 23.0 Å². The van der Waals surface area contributed by atoms with Crippen LogP contribution in [0.15, 0.2) is 54.7 Å². The number of nitrogens with zero attached hydrogens (tertiary/aromatic N) is 2. The van der Waals surface area contributed by atoms with Crippen molar-refractivity contribution in [1.82, 2.24) is 4.98 Å². The van der Waals surface area contributed by atoms with Crippen molar-refractivity contribution in [3.05, 3.63) is 60.3 Å². The van der Waals surface area contributed by atoms with Crippen LogP contribution in [0.25, 0.3) is 10.9 Å². The van der Waals surface area contributed by atoms with Crippen LogP contribution in [0.1, 0.15) is 5.56 Å². The molecule has 3 rings (SSSR count). The Bertz CT molecular complexity index is 816. The van der Waals surface area contributed by atoms with Crippen molar-refractivity contribution in [3.63, 3.8) is 0 Å². The molecule has 4 nitrogen and oxygen atoms in total. The summed E-state index contributed by atoms with van der Waals surface area (Å²) >= 11 is 0. The number of aromatic nitrogens is 1. The summed E-state index contributed by atoms with van der Waals surface area (Å²) in [4.78, 5) is 4.32. The average molecular weight is 274 g/mol. The molecular formula is C17H14N4. The largest absolute Gasteiger partial charge is 0.397 e. The third-order valence-corrected chi connectivity index (χ3v) is 3.32. The maximum absolute atomic E-state index is 8.68. The number of fused-ring (bicyclic) bond motifs is 1. The fraction of sp³-hybridized carbons (Fsp3) is 0.0588. The van der Waals surface area contributed by atoms with Gasteiger partial charge in [0.25, 0.3) is 0 Å². The number of rotatable bonds is 3. The molecule has 0 fully saturated rings. The lowest BCUT2D eigenvalue weighted by Crippen LogP contribution is -1.95. The molecule has 0 amide bonds. The van der Waals surface area contributed by atoms with Crippen molar-refractivity contribution in [2.75, 3.05) is 11.1 Å². The molecule has 0 bridgehead atoms. The van der Waals surface area contributed by atoms with E-state index in [1.54, 1.807) is 6.20 Å². The number of nitrogen functional groups attached to an aromatic ring is 1. The van der Waals surface area contributed by atoms with Gasteiger partial charge >= 0.3 is 0 Å². The van der Waals surface area contributed by atoms with Crippen molar-refractivity contribution in [3.8, 4) is 6.07 Å². The Labute approximate surface area is 122 Å². The van der Waals surface area contributed by atoms with Gasteiger partial charge in [0.2, 0.25) is 0 Å².